The van der Waals surface area contributed by atoms with E-state index in [1.165, 1.54) is 32.1 Å². The van der Waals surface area contributed by atoms with Crippen LogP contribution in [0.3, 0.4) is 0 Å². The molecule has 1 aliphatic heterocycles. The van der Waals surface area contributed by atoms with Crippen molar-refractivity contribution in [1.29, 1.82) is 0 Å². The molecule has 1 aromatic carbocycles. The molecule has 1 saturated carbocycles. The highest BCUT2D eigenvalue weighted by molar-refractivity contribution is 7.80. The Morgan fingerprint density at radius 1 is 1.06 bits per heavy atom. The minimum absolute atomic E-state index is 0.0167. The van der Waals surface area contributed by atoms with Crippen molar-refractivity contribution in [3.63, 3.8) is 0 Å². The summed E-state index contributed by atoms with van der Waals surface area (Å²) in [5, 5.41) is 4.36. The lowest BCUT2D eigenvalue weighted by atomic mass is 9.92. The topological polar surface area (TPSA) is 50.5 Å². The van der Waals surface area contributed by atoms with Crippen molar-refractivity contribution in [3.05, 3.63) is 72.2 Å². The largest absolute Gasteiger partial charge is 0.494 e. The predicted molar refractivity (Wildman–Crippen MR) is 129 cm³/mol. The van der Waals surface area contributed by atoms with Crippen LogP contribution < -0.4 is 10.1 Å². The number of furan rings is 1. The molecule has 0 spiro atoms. The summed E-state index contributed by atoms with van der Waals surface area (Å²) >= 11 is 5.85. The van der Waals surface area contributed by atoms with Gasteiger partial charge < -0.3 is 19.4 Å². The first-order valence-electron chi connectivity index (χ1n) is 11.6. The first kappa shape index (κ1) is 21.0. The maximum Gasteiger partial charge on any atom is 0.170 e. The lowest BCUT2D eigenvalue weighted by molar-refractivity contribution is 0.179. The molecule has 0 bridgehead atoms. The molecule has 1 saturated heterocycles. The highest BCUT2D eigenvalue weighted by Crippen LogP contribution is 2.43. The van der Waals surface area contributed by atoms with Crippen LogP contribution in [0.1, 0.15) is 62.6 Å². The average molecular weight is 448 g/mol. The molecule has 2 aliphatic rings. The third-order valence-electron chi connectivity index (χ3n) is 6.47. The highest BCUT2D eigenvalue weighted by Gasteiger charge is 2.44. The number of aromatic nitrogens is 1. The summed E-state index contributed by atoms with van der Waals surface area (Å²) in [6.07, 6.45) is 7.98. The molecule has 5 nitrogen and oxygen atoms in total. The van der Waals surface area contributed by atoms with Crippen molar-refractivity contribution < 1.29 is 9.15 Å². The monoisotopic (exact) mass is 447 g/mol. The van der Waals surface area contributed by atoms with Crippen LogP contribution in [-0.4, -0.2) is 27.6 Å². The number of thiocarbonyl (C=S) groups is 1. The zero-order chi connectivity index (χ0) is 21.9. The maximum absolute atomic E-state index is 6.46. The van der Waals surface area contributed by atoms with Crippen molar-refractivity contribution in [3.8, 4) is 17.1 Å². The second-order valence-electron chi connectivity index (χ2n) is 8.49. The molecule has 2 atom stereocenters. The predicted octanol–water partition coefficient (Wildman–Crippen LogP) is 6.05. The standard InChI is InChI=1S/C26H29N3O2S/c1-2-30-20-13-11-18(12-14-20)22-15-16-23(31-22)25-24(21-10-6-7-17-27-21)28-26(32)29(25)19-8-4-3-5-9-19/h6-7,10-17,19,24-25H,2-5,8-9H2,1H3,(H,28,32)/t24-,25-/m0/s1. The van der Waals surface area contributed by atoms with Gasteiger partial charge in [-0.25, -0.2) is 0 Å². The number of hydrogen-bond acceptors (Lipinski definition) is 4. The quantitative estimate of drug-likeness (QED) is 0.465. The summed E-state index contributed by atoms with van der Waals surface area (Å²) < 4.78 is 12.0. The van der Waals surface area contributed by atoms with Crippen LogP contribution in [0.4, 0.5) is 0 Å². The van der Waals surface area contributed by atoms with E-state index in [0.29, 0.717) is 12.6 Å². The van der Waals surface area contributed by atoms with Crippen LogP contribution in [0.25, 0.3) is 11.3 Å². The molecule has 3 heterocycles. The first-order valence-corrected chi connectivity index (χ1v) is 12.0. The molecule has 6 heteroatoms. The molecule has 5 rings (SSSR count). The smallest absolute Gasteiger partial charge is 0.170 e. The van der Waals surface area contributed by atoms with Crippen LogP contribution in [-0.2, 0) is 0 Å². The lowest BCUT2D eigenvalue weighted by Crippen LogP contribution is -2.40. The fourth-order valence-electron chi connectivity index (χ4n) is 4.97. The molecule has 1 N–H and O–H groups in total. The second-order valence-corrected chi connectivity index (χ2v) is 8.87. The van der Waals surface area contributed by atoms with Crippen molar-refractivity contribution >= 4 is 17.3 Å². The number of hydrogen-bond donors (Lipinski definition) is 1. The molecule has 166 valence electrons. The summed E-state index contributed by atoms with van der Waals surface area (Å²) in [4.78, 5) is 7.02. The average Bonchev–Trinajstić information content (AvgIpc) is 3.45. The van der Waals surface area contributed by atoms with E-state index in [0.717, 1.165) is 33.6 Å². The fraction of sp³-hybridized carbons (Fsp3) is 0.385. The summed E-state index contributed by atoms with van der Waals surface area (Å²) in [6.45, 7) is 2.65. The molecular formula is C26H29N3O2S. The third kappa shape index (κ3) is 4.11. The zero-order valence-electron chi connectivity index (χ0n) is 18.4. The van der Waals surface area contributed by atoms with Gasteiger partial charge in [0.25, 0.3) is 0 Å². The Kier molecular flexibility index (Phi) is 6.12. The van der Waals surface area contributed by atoms with Gasteiger partial charge in [-0.3, -0.25) is 4.98 Å². The number of benzene rings is 1. The SMILES string of the molecule is CCOc1ccc(-c2ccc([C@H]3[C@H](c4ccccn4)NC(=S)N3C3CCCCC3)o2)cc1. The minimum Gasteiger partial charge on any atom is -0.494 e. The van der Waals surface area contributed by atoms with E-state index in [2.05, 4.69) is 33.4 Å². The Labute approximate surface area is 194 Å². The Balaban J connectivity index is 1.49. The molecule has 1 aliphatic carbocycles. The zero-order valence-corrected chi connectivity index (χ0v) is 19.2. The first-order chi connectivity index (χ1) is 15.7. The van der Waals surface area contributed by atoms with Crippen molar-refractivity contribution in [2.75, 3.05) is 6.61 Å². The van der Waals surface area contributed by atoms with Crippen molar-refractivity contribution in [2.24, 2.45) is 0 Å². The summed E-state index contributed by atoms with van der Waals surface area (Å²) in [6, 6.07) is 18.6. The van der Waals surface area contributed by atoms with E-state index in [1.807, 2.05) is 49.5 Å². The van der Waals surface area contributed by atoms with Gasteiger partial charge in [0, 0.05) is 17.8 Å². The molecular weight excluding hydrogens is 418 g/mol. The van der Waals surface area contributed by atoms with Crippen molar-refractivity contribution in [2.45, 2.75) is 57.2 Å². The number of ether oxygens (including phenoxy) is 1. The van der Waals surface area contributed by atoms with Gasteiger partial charge >= 0.3 is 0 Å². The number of rotatable bonds is 6. The Morgan fingerprint density at radius 3 is 2.59 bits per heavy atom. The van der Waals surface area contributed by atoms with Gasteiger partial charge in [-0.05, 0) is 80.5 Å². The molecule has 32 heavy (non-hydrogen) atoms. The van der Waals surface area contributed by atoms with Gasteiger partial charge in [0.15, 0.2) is 5.11 Å². The van der Waals surface area contributed by atoms with E-state index >= 15 is 0 Å². The maximum atomic E-state index is 6.46. The van der Waals surface area contributed by atoms with E-state index in [-0.39, 0.29) is 12.1 Å². The molecule has 2 fully saturated rings. The molecule has 0 unspecified atom stereocenters. The molecule has 0 radical (unpaired) electrons. The molecule has 2 aromatic heterocycles. The second kappa shape index (κ2) is 9.33. The fourth-order valence-corrected chi connectivity index (χ4v) is 5.36. The molecule has 0 amide bonds. The summed E-state index contributed by atoms with van der Waals surface area (Å²) in [5.74, 6) is 2.64. The lowest BCUT2D eigenvalue weighted by Gasteiger charge is -2.36. The van der Waals surface area contributed by atoms with E-state index in [4.69, 9.17) is 21.4 Å². The van der Waals surface area contributed by atoms with Gasteiger partial charge in [0.1, 0.15) is 23.3 Å². The van der Waals surface area contributed by atoms with E-state index in [1.54, 1.807) is 0 Å². The third-order valence-corrected chi connectivity index (χ3v) is 6.80. The van der Waals surface area contributed by atoms with Crippen LogP contribution in [0, 0.1) is 0 Å². The minimum atomic E-state index is -0.0371. The van der Waals surface area contributed by atoms with Gasteiger partial charge in [0.2, 0.25) is 0 Å². The van der Waals surface area contributed by atoms with Crippen LogP contribution in [0.5, 0.6) is 5.75 Å². The Morgan fingerprint density at radius 2 is 1.88 bits per heavy atom. The summed E-state index contributed by atoms with van der Waals surface area (Å²) in [7, 11) is 0. The van der Waals surface area contributed by atoms with Gasteiger partial charge in [-0.15, -0.1) is 0 Å². The van der Waals surface area contributed by atoms with Crippen LogP contribution >= 0.6 is 12.2 Å². The number of pyridine rings is 1. The van der Waals surface area contributed by atoms with Crippen LogP contribution in [0.2, 0.25) is 0 Å². The highest BCUT2D eigenvalue weighted by atomic mass is 32.1. The van der Waals surface area contributed by atoms with E-state index in [9.17, 15) is 0 Å². The number of nitrogens with one attached hydrogen (secondary N) is 1. The Hall–Kier alpha value is -2.86. The van der Waals surface area contributed by atoms with Gasteiger partial charge in [-0.2, -0.15) is 0 Å². The summed E-state index contributed by atoms with van der Waals surface area (Å²) in [5.41, 5.74) is 2.02. The van der Waals surface area contributed by atoms with Crippen molar-refractivity contribution in [1.82, 2.24) is 15.2 Å². The molecule has 3 aromatic rings. The van der Waals surface area contributed by atoms with Gasteiger partial charge in [-0.1, -0.05) is 25.3 Å². The van der Waals surface area contributed by atoms with Gasteiger partial charge in [0.05, 0.1) is 18.3 Å². The Bertz CT molecular complexity index is 1040. The van der Waals surface area contributed by atoms with E-state index < -0.39 is 0 Å². The van der Waals surface area contributed by atoms with Crippen LogP contribution in [0.15, 0.2) is 65.2 Å². The number of nitrogens with zero attached hydrogens (tertiary/aromatic N) is 2. The normalized spacial score (nSPS) is 21.5.